The van der Waals surface area contributed by atoms with E-state index >= 15 is 0 Å². The Balaban J connectivity index is 0.000000686. The van der Waals surface area contributed by atoms with Crippen molar-refractivity contribution in [2.45, 2.75) is 20.8 Å². The summed E-state index contributed by atoms with van der Waals surface area (Å²) in [4.78, 5) is 2.01. The second-order valence-corrected chi connectivity index (χ2v) is 3.92. The van der Waals surface area contributed by atoms with Crippen molar-refractivity contribution in [2.75, 3.05) is 7.05 Å². The summed E-state index contributed by atoms with van der Waals surface area (Å²) in [6.45, 7) is 14.2. The molecule has 2 rings (SSSR count). The van der Waals surface area contributed by atoms with Gasteiger partial charge in [0.05, 0.1) is 0 Å². The Morgan fingerprint density at radius 3 is 2.35 bits per heavy atom. The van der Waals surface area contributed by atoms with Gasteiger partial charge in [-0.3, -0.25) is 0 Å². The lowest BCUT2D eigenvalue weighted by atomic mass is 10.0. The molecular weight excluding hydrogens is 206 g/mol. The van der Waals surface area contributed by atoms with Crippen LogP contribution in [0, 0.1) is 6.92 Å². The smallest absolute Gasteiger partial charge is 0.0414 e. The van der Waals surface area contributed by atoms with Gasteiger partial charge in [0.25, 0.3) is 0 Å². The van der Waals surface area contributed by atoms with E-state index in [4.69, 9.17) is 0 Å². The Labute approximate surface area is 105 Å². The fourth-order valence-corrected chi connectivity index (χ4v) is 1.73. The predicted molar refractivity (Wildman–Crippen MR) is 77.5 cm³/mol. The fourth-order valence-electron chi connectivity index (χ4n) is 1.73. The van der Waals surface area contributed by atoms with Crippen molar-refractivity contribution in [3.63, 3.8) is 0 Å². The molecule has 0 radical (unpaired) electrons. The first-order chi connectivity index (χ1) is 8.09. The Morgan fingerprint density at radius 2 is 1.71 bits per heavy atom. The van der Waals surface area contributed by atoms with Crippen LogP contribution in [0.4, 0.5) is 0 Å². The summed E-state index contributed by atoms with van der Waals surface area (Å²) in [7, 11) is 1.99. The number of hydrogen-bond acceptors (Lipinski definition) is 1. The molecule has 0 saturated carbocycles. The topological polar surface area (TPSA) is 3.24 Å². The monoisotopic (exact) mass is 227 g/mol. The van der Waals surface area contributed by atoms with Crippen molar-refractivity contribution >= 4 is 11.8 Å². The molecule has 0 amide bonds. The van der Waals surface area contributed by atoms with Gasteiger partial charge in [-0.1, -0.05) is 56.8 Å². The average molecular weight is 227 g/mol. The zero-order valence-corrected chi connectivity index (χ0v) is 11.2. The Morgan fingerprint density at radius 1 is 1.06 bits per heavy atom. The quantitative estimate of drug-likeness (QED) is 0.632. The molecule has 1 aliphatic rings. The highest BCUT2D eigenvalue weighted by molar-refractivity contribution is 5.76. The van der Waals surface area contributed by atoms with E-state index in [1.54, 1.807) is 0 Å². The summed E-state index contributed by atoms with van der Waals surface area (Å²) < 4.78 is 0. The van der Waals surface area contributed by atoms with Gasteiger partial charge in [0.2, 0.25) is 0 Å². The Hall–Kier alpha value is -1.76. The molecule has 0 aliphatic carbocycles. The highest BCUT2D eigenvalue weighted by Crippen LogP contribution is 2.28. The normalized spacial score (nSPS) is 13.8. The van der Waals surface area contributed by atoms with Gasteiger partial charge in [-0.2, -0.15) is 0 Å². The van der Waals surface area contributed by atoms with E-state index in [9.17, 15) is 0 Å². The van der Waals surface area contributed by atoms with Crippen molar-refractivity contribution in [3.8, 4) is 0 Å². The minimum Gasteiger partial charge on any atom is -0.345 e. The van der Waals surface area contributed by atoms with Crippen LogP contribution in [0.15, 0.2) is 43.1 Å². The molecule has 90 valence electrons. The first kappa shape index (κ1) is 13.3. The summed E-state index contributed by atoms with van der Waals surface area (Å²) in [5.74, 6) is 0. The van der Waals surface area contributed by atoms with Crippen molar-refractivity contribution < 1.29 is 0 Å². The third-order valence-corrected chi connectivity index (χ3v) is 2.81. The van der Waals surface area contributed by atoms with Crippen molar-refractivity contribution in [1.29, 1.82) is 0 Å². The highest BCUT2D eigenvalue weighted by atomic mass is 15.1. The first-order valence-electron chi connectivity index (χ1n) is 6.00. The molecule has 1 nitrogen and oxygen atoms in total. The average Bonchev–Trinajstić information content (AvgIpc) is 2.45. The van der Waals surface area contributed by atoms with Crippen LogP contribution in [0.2, 0.25) is 0 Å². The van der Waals surface area contributed by atoms with Crippen molar-refractivity contribution in [2.24, 2.45) is 0 Å². The number of fused-ring (bicyclic) bond motifs is 1. The van der Waals surface area contributed by atoms with Crippen molar-refractivity contribution in [1.82, 2.24) is 4.90 Å². The number of hydrogen-bond donors (Lipinski definition) is 0. The van der Waals surface area contributed by atoms with Crippen LogP contribution in [-0.2, 0) is 0 Å². The lowest BCUT2D eigenvalue weighted by Gasteiger charge is -2.21. The van der Waals surface area contributed by atoms with Gasteiger partial charge in [0, 0.05) is 24.0 Å². The Bertz CT molecular complexity index is 466. The standard InChI is InChI=1S/C14H15N.C2H6/c1-10-5-8-14-12(3)15(4)11(2)6-7-13(14)9-10;1-2/h5-9H,2-3H2,1,4H3;1-2H3. The van der Waals surface area contributed by atoms with Crippen LogP contribution < -0.4 is 0 Å². The summed E-state index contributed by atoms with van der Waals surface area (Å²) in [6.07, 6.45) is 4.12. The first-order valence-corrected chi connectivity index (χ1v) is 6.00. The van der Waals surface area contributed by atoms with E-state index in [1.165, 1.54) is 16.7 Å². The van der Waals surface area contributed by atoms with E-state index in [1.807, 2.05) is 31.9 Å². The number of likely N-dealkylation sites (N-methyl/N-ethyl adjacent to an activating group) is 1. The molecule has 1 aromatic rings. The van der Waals surface area contributed by atoms with E-state index in [0.29, 0.717) is 0 Å². The summed E-state index contributed by atoms with van der Waals surface area (Å²) in [5, 5.41) is 0. The van der Waals surface area contributed by atoms with E-state index in [2.05, 4.69) is 44.4 Å². The predicted octanol–water partition coefficient (Wildman–Crippen LogP) is 4.46. The minimum absolute atomic E-state index is 0.967. The molecule has 1 heterocycles. The molecule has 1 heteroatoms. The summed E-state index contributed by atoms with van der Waals surface area (Å²) >= 11 is 0. The molecule has 0 unspecified atom stereocenters. The van der Waals surface area contributed by atoms with Crippen LogP contribution in [0.3, 0.4) is 0 Å². The maximum absolute atomic E-state index is 4.10. The van der Waals surface area contributed by atoms with Gasteiger partial charge in [0.15, 0.2) is 0 Å². The summed E-state index contributed by atoms with van der Waals surface area (Å²) in [5.41, 5.74) is 5.62. The summed E-state index contributed by atoms with van der Waals surface area (Å²) in [6, 6.07) is 6.40. The second kappa shape index (κ2) is 5.53. The van der Waals surface area contributed by atoms with Crippen LogP contribution in [0.1, 0.15) is 30.5 Å². The molecule has 1 aromatic carbocycles. The third kappa shape index (κ3) is 2.68. The van der Waals surface area contributed by atoms with Gasteiger partial charge < -0.3 is 4.90 Å². The number of rotatable bonds is 0. The largest absolute Gasteiger partial charge is 0.345 e. The molecule has 0 fully saturated rings. The van der Waals surface area contributed by atoms with Gasteiger partial charge >= 0.3 is 0 Å². The van der Waals surface area contributed by atoms with E-state index in [0.717, 1.165) is 11.4 Å². The molecule has 1 aliphatic heterocycles. The molecule has 17 heavy (non-hydrogen) atoms. The lowest BCUT2D eigenvalue weighted by molar-refractivity contribution is 0.623. The zero-order chi connectivity index (χ0) is 13.0. The maximum atomic E-state index is 4.10. The zero-order valence-electron chi connectivity index (χ0n) is 11.2. The molecule has 0 N–H and O–H groups in total. The van der Waals surface area contributed by atoms with Crippen molar-refractivity contribution in [3.05, 3.63) is 59.8 Å². The fraction of sp³-hybridized carbons (Fsp3) is 0.250. The number of benzene rings is 1. The van der Waals surface area contributed by atoms with Gasteiger partial charge in [-0.15, -0.1) is 0 Å². The van der Waals surface area contributed by atoms with E-state index < -0.39 is 0 Å². The molecule has 0 atom stereocenters. The lowest BCUT2D eigenvalue weighted by Crippen LogP contribution is -2.12. The number of nitrogens with zero attached hydrogens (tertiary/aromatic N) is 1. The van der Waals surface area contributed by atoms with Crippen LogP contribution in [0.5, 0.6) is 0 Å². The van der Waals surface area contributed by atoms with E-state index in [-0.39, 0.29) is 0 Å². The molecular formula is C16H21N. The molecule has 0 bridgehead atoms. The third-order valence-electron chi connectivity index (χ3n) is 2.81. The number of allylic oxidation sites excluding steroid dienone is 1. The van der Waals surface area contributed by atoms with Crippen LogP contribution in [-0.4, -0.2) is 11.9 Å². The molecule has 0 aromatic heterocycles. The minimum atomic E-state index is 0.967. The highest BCUT2D eigenvalue weighted by Gasteiger charge is 2.13. The second-order valence-electron chi connectivity index (χ2n) is 3.92. The SMILES string of the molecule is C=C1C=Cc2cc(C)ccc2C(=C)N1C.CC. The Kier molecular flexibility index (Phi) is 4.33. The van der Waals surface area contributed by atoms with Gasteiger partial charge in [-0.05, 0) is 18.6 Å². The molecule has 0 spiro atoms. The number of aryl methyl sites for hydroxylation is 1. The molecule has 0 saturated heterocycles. The van der Waals surface area contributed by atoms with Crippen LogP contribution in [0.25, 0.3) is 11.8 Å². The van der Waals surface area contributed by atoms with Crippen LogP contribution >= 0.6 is 0 Å². The maximum Gasteiger partial charge on any atom is 0.0414 e. The van der Waals surface area contributed by atoms with Gasteiger partial charge in [0.1, 0.15) is 0 Å². The van der Waals surface area contributed by atoms with Gasteiger partial charge in [-0.25, -0.2) is 0 Å².